The van der Waals surface area contributed by atoms with Crippen molar-refractivity contribution in [2.24, 2.45) is 0 Å². The second-order valence-corrected chi connectivity index (χ2v) is 7.35. The predicted molar refractivity (Wildman–Crippen MR) is 82.8 cm³/mol. The Balaban J connectivity index is 1.78. The molecule has 1 atom stereocenters. The molecule has 4 heteroatoms. The summed E-state index contributed by atoms with van der Waals surface area (Å²) in [6.07, 6.45) is 9.03. The van der Waals surface area contributed by atoms with Crippen LogP contribution in [0.15, 0.2) is 12.1 Å². The molecule has 1 amide bonds. The van der Waals surface area contributed by atoms with Crippen LogP contribution in [0.25, 0.3) is 0 Å². The second-order valence-electron chi connectivity index (χ2n) is 6.03. The molecule has 2 aliphatic rings. The molecule has 110 valence electrons. The van der Waals surface area contributed by atoms with Gasteiger partial charge in [0.05, 0.1) is 6.54 Å². The molecule has 2 heterocycles. The van der Waals surface area contributed by atoms with Crippen LogP contribution in [0.2, 0.25) is 0 Å². The fourth-order valence-electron chi connectivity index (χ4n) is 3.48. The van der Waals surface area contributed by atoms with Gasteiger partial charge in [0, 0.05) is 15.8 Å². The van der Waals surface area contributed by atoms with Crippen molar-refractivity contribution in [2.45, 2.75) is 64.1 Å². The molecule has 0 bridgehead atoms. The number of hydrogen-bond donors (Lipinski definition) is 1. The van der Waals surface area contributed by atoms with Gasteiger partial charge in [-0.1, -0.05) is 32.1 Å². The molecule has 1 saturated heterocycles. The Labute approximate surface area is 125 Å². The van der Waals surface area contributed by atoms with Crippen molar-refractivity contribution in [1.29, 1.82) is 0 Å². The molecule has 2 fully saturated rings. The highest BCUT2D eigenvalue weighted by atomic mass is 32.1. The number of nitrogens with one attached hydrogen (secondary N) is 1. The molecule has 1 unspecified atom stereocenters. The number of rotatable bonds is 2. The van der Waals surface area contributed by atoms with Crippen LogP contribution in [0, 0.1) is 6.92 Å². The van der Waals surface area contributed by atoms with Crippen LogP contribution in [0.4, 0.5) is 0 Å². The fourth-order valence-corrected chi connectivity index (χ4v) is 4.44. The van der Waals surface area contributed by atoms with Crippen LogP contribution in [0.5, 0.6) is 0 Å². The summed E-state index contributed by atoms with van der Waals surface area (Å²) in [7, 11) is 0. The Hall–Kier alpha value is -0.870. The molecule has 1 aromatic rings. The SMILES string of the molecule is Cc1ccc(C2NCC(=O)N2C2CCCCCCC2)s1. The second kappa shape index (κ2) is 6.27. The zero-order valence-electron chi connectivity index (χ0n) is 12.2. The van der Waals surface area contributed by atoms with Crippen molar-refractivity contribution in [2.75, 3.05) is 6.54 Å². The number of thiophene rings is 1. The Morgan fingerprint density at radius 2 is 1.85 bits per heavy atom. The molecule has 0 radical (unpaired) electrons. The van der Waals surface area contributed by atoms with E-state index in [-0.39, 0.29) is 12.1 Å². The van der Waals surface area contributed by atoms with Crippen LogP contribution in [0.1, 0.15) is 60.9 Å². The summed E-state index contributed by atoms with van der Waals surface area (Å²) in [5.41, 5.74) is 0. The number of amides is 1. The first-order valence-corrected chi connectivity index (χ1v) is 8.68. The molecule has 3 rings (SSSR count). The molecule has 0 spiro atoms. The monoisotopic (exact) mass is 292 g/mol. The van der Waals surface area contributed by atoms with Crippen LogP contribution < -0.4 is 5.32 Å². The Morgan fingerprint density at radius 3 is 2.50 bits per heavy atom. The zero-order valence-corrected chi connectivity index (χ0v) is 13.0. The van der Waals surface area contributed by atoms with Gasteiger partial charge >= 0.3 is 0 Å². The van der Waals surface area contributed by atoms with Gasteiger partial charge in [-0.25, -0.2) is 0 Å². The predicted octanol–water partition coefficient (Wildman–Crippen LogP) is 3.60. The van der Waals surface area contributed by atoms with Crippen LogP contribution >= 0.6 is 11.3 Å². The maximum Gasteiger partial charge on any atom is 0.238 e. The maximum atomic E-state index is 12.3. The first-order valence-electron chi connectivity index (χ1n) is 7.86. The highest BCUT2D eigenvalue weighted by Crippen LogP contribution is 2.33. The van der Waals surface area contributed by atoms with E-state index in [1.165, 1.54) is 54.7 Å². The molecule has 1 N–H and O–H groups in total. The minimum atomic E-state index is 0.116. The number of hydrogen-bond acceptors (Lipinski definition) is 3. The number of carbonyl (C=O) groups is 1. The van der Waals surface area contributed by atoms with E-state index in [0.717, 1.165) is 0 Å². The van der Waals surface area contributed by atoms with Gasteiger partial charge in [-0.15, -0.1) is 11.3 Å². The van der Waals surface area contributed by atoms with Gasteiger partial charge in [-0.3, -0.25) is 10.1 Å². The lowest BCUT2D eigenvalue weighted by Crippen LogP contribution is -2.39. The third kappa shape index (κ3) is 2.91. The molecule has 1 saturated carbocycles. The summed E-state index contributed by atoms with van der Waals surface area (Å²) in [6.45, 7) is 2.63. The van der Waals surface area contributed by atoms with Crippen LogP contribution in [-0.2, 0) is 4.79 Å². The maximum absolute atomic E-state index is 12.3. The van der Waals surface area contributed by atoms with E-state index in [0.29, 0.717) is 12.6 Å². The van der Waals surface area contributed by atoms with E-state index in [2.05, 4.69) is 29.3 Å². The van der Waals surface area contributed by atoms with Gasteiger partial charge in [0.25, 0.3) is 0 Å². The van der Waals surface area contributed by atoms with Crippen molar-refractivity contribution in [3.05, 3.63) is 21.9 Å². The van der Waals surface area contributed by atoms with Crippen molar-refractivity contribution < 1.29 is 4.79 Å². The van der Waals surface area contributed by atoms with Gasteiger partial charge < -0.3 is 4.90 Å². The van der Waals surface area contributed by atoms with Gasteiger partial charge in [0.2, 0.25) is 5.91 Å². The first-order chi connectivity index (χ1) is 9.75. The molecule has 1 aliphatic carbocycles. The van der Waals surface area contributed by atoms with Crippen molar-refractivity contribution >= 4 is 17.2 Å². The average molecular weight is 292 g/mol. The van der Waals surface area contributed by atoms with Gasteiger partial charge in [0.1, 0.15) is 6.17 Å². The van der Waals surface area contributed by atoms with Gasteiger partial charge in [0.15, 0.2) is 0 Å². The summed E-state index contributed by atoms with van der Waals surface area (Å²) in [5.74, 6) is 0.284. The van der Waals surface area contributed by atoms with Crippen molar-refractivity contribution in [3.63, 3.8) is 0 Å². The van der Waals surface area contributed by atoms with E-state index < -0.39 is 0 Å². The topological polar surface area (TPSA) is 32.3 Å². The van der Waals surface area contributed by atoms with Crippen LogP contribution in [0.3, 0.4) is 0 Å². The molecular formula is C16H24N2OS. The van der Waals surface area contributed by atoms with E-state index in [1.54, 1.807) is 0 Å². The summed E-state index contributed by atoms with van der Waals surface area (Å²) in [4.78, 5) is 17.1. The van der Waals surface area contributed by atoms with E-state index in [9.17, 15) is 4.79 Å². The Morgan fingerprint density at radius 1 is 1.15 bits per heavy atom. The molecular weight excluding hydrogens is 268 g/mol. The number of nitrogens with zero attached hydrogens (tertiary/aromatic N) is 1. The lowest BCUT2D eigenvalue weighted by Gasteiger charge is -2.33. The minimum Gasteiger partial charge on any atom is -0.318 e. The normalized spacial score (nSPS) is 25.8. The third-order valence-corrected chi connectivity index (χ3v) is 5.56. The molecule has 1 aromatic heterocycles. The summed E-state index contributed by atoms with van der Waals surface area (Å²) < 4.78 is 0. The summed E-state index contributed by atoms with van der Waals surface area (Å²) in [5, 5.41) is 3.41. The summed E-state index contributed by atoms with van der Waals surface area (Å²) in [6, 6.07) is 4.76. The Kier molecular flexibility index (Phi) is 4.41. The zero-order chi connectivity index (χ0) is 13.9. The number of aryl methyl sites for hydroxylation is 1. The molecule has 3 nitrogen and oxygen atoms in total. The fraction of sp³-hybridized carbons (Fsp3) is 0.688. The summed E-state index contributed by atoms with van der Waals surface area (Å²) >= 11 is 1.81. The minimum absolute atomic E-state index is 0.116. The van der Waals surface area contributed by atoms with Crippen molar-refractivity contribution in [3.8, 4) is 0 Å². The lowest BCUT2D eigenvalue weighted by atomic mass is 9.95. The smallest absolute Gasteiger partial charge is 0.238 e. The standard InChI is InChI=1S/C16H24N2OS/c1-12-9-10-14(20-12)16-17-11-15(19)18(16)13-7-5-3-2-4-6-8-13/h9-10,13,16-17H,2-8,11H2,1H3. The van der Waals surface area contributed by atoms with E-state index in [1.807, 2.05) is 11.3 Å². The highest BCUT2D eigenvalue weighted by Gasteiger charge is 2.37. The highest BCUT2D eigenvalue weighted by molar-refractivity contribution is 7.12. The average Bonchev–Trinajstić information content (AvgIpc) is 2.96. The van der Waals surface area contributed by atoms with Gasteiger partial charge in [-0.2, -0.15) is 0 Å². The first kappa shape index (κ1) is 14.1. The molecule has 1 aliphatic heterocycles. The largest absolute Gasteiger partial charge is 0.318 e. The van der Waals surface area contributed by atoms with E-state index >= 15 is 0 Å². The quantitative estimate of drug-likeness (QED) is 0.903. The lowest BCUT2D eigenvalue weighted by molar-refractivity contribution is -0.130. The van der Waals surface area contributed by atoms with E-state index in [4.69, 9.17) is 0 Å². The van der Waals surface area contributed by atoms with Crippen LogP contribution in [-0.4, -0.2) is 23.4 Å². The number of carbonyl (C=O) groups excluding carboxylic acids is 1. The molecule has 20 heavy (non-hydrogen) atoms. The van der Waals surface area contributed by atoms with Crippen molar-refractivity contribution in [1.82, 2.24) is 10.2 Å². The van der Waals surface area contributed by atoms with Gasteiger partial charge in [-0.05, 0) is 31.9 Å². The third-order valence-electron chi connectivity index (χ3n) is 4.51. The Bertz CT molecular complexity index is 463. The molecule has 0 aromatic carbocycles.